The fourth-order valence-corrected chi connectivity index (χ4v) is 2.31. The fraction of sp³-hybridized carbons (Fsp3) is 0. The molecule has 0 saturated heterocycles. The van der Waals surface area contributed by atoms with Crippen molar-refractivity contribution >= 4 is 45.0 Å². The van der Waals surface area contributed by atoms with E-state index in [1.807, 2.05) is 0 Å². The Kier molecular flexibility index (Phi) is 4.82. The van der Waals surface area contributed by atoms with Crippen molar-refractivity contribution in [1.29, 1.82) is 0 Å². The van der Waals surface area contributed by atoms with E-state index in [1.54, 1.807) is 42.5 Å². The maximum absolute atomic E-state index is 12.2. The third-order valence-corrected chi connectivity index (χ3v) is 3.55. The Morgan fingerprint density at radius 1 is 1.24 bits per heavy atom. The van der Waals surface area contributed by atoms with Gasteiger partial charge in [-0.15, -0.1) is 0 Å². The highest BCUT2D eigenvalue weighted by Gasteiger charge is 2.14. The molecule has 2 aromatic rings. The van der Waals surface area contributed by atoms with Crippen LogP contribution in [0.2, 0.25) is 5.02 Å². The molecule has 21 heavy (non-hydrogen) atoms. The summed E-state index contributed by atoms with van der Waals surface area (Å²) in [4.78, 5) is 12.2. The number of amidine groups is 1. The van der Waals surface area contributed by atoms with Gasteiger partial charge in [0.25, 0.3) is 5.91 Å². The molecule has 108 valence electrons. The minimum atomic E-state index is -0.380. The molecule has 2 rings (SSSR count). The first-order chi connectivity index (χ1) is 10.0. The number of hydrogen-bond acceptors (Lipinski definition) is 3. The molecule has 0 aromatic heterocycles. The van der Waals surface area contributed by atoms with Gasteiger partial charge in [-0.1, -0.05) is 44.8 Å². The van der Waals surface area contributed by atoms with Crippen molar-refractivity contribution in [2.75, 3.05) is 5.32 Å². The van der Waals surface area contributed by atoms with Crippen LogP contribution < -0.4 is 11.1 Å². The van der Waals surface area contributed by atoms with E-state index in [0.29, 0.717) is 21.8 Å². The number of amides is 1. The number of benzene rings is 2. The van der Waals surface area contributed by atoms with E-state index in [4.69, 9.17) is 22.5 Å². The van der Waals surface area contributed by atoms with Crippen LogP contribution in [0.1, 0.15) is 15.9 Å². The topological polar surface area (TPSA) is 87.7 Å². The van der Waals surface area contributed by atoms with Crippen molar-refractivity contribution in [2.45, 2.75) is 0 Å². The van der Waals surface area contributed by atoms with Crippen LogP contribution in [-0.2, 0) is 0 Å². The molecule has 0 aliphatic carbocycles. The molecule has 0 radical (unpaired) electrons. The first kappa shape index (κ1) is 15.3. The lowest BCUT2D eigenvalue weighted by molar-refractivity contribution is 0.102. The van der Waals surface area contributed by atoms with Crippen molar-refractivity contribution in [3.05, 3.63) is 63.1 Å². The summed E-state index contributed by atoms with van der Waals surface area (Å²) in [5.41, 5.74) is 6.76. The second-order valence-corrected chi connectivity index (χ2v) is 5.43. The number of carbonyl (C=O) groups is 1. The lowest BCUT2D eigenvalue weighted by Crippen LogP contribution is -2.19. The largest absolute Gasteiger partial charge is 0.409 e. The van der Waals surface area contributed by atoms with E-state index >= 15 is 0 Å². The third-order valence-electron chi connectivity index (χ3n) is 2.73. The second-order valence-electron chi connectivity index (χ2n) is 4.11. The number of carbonyl (C=O) groups excluding carboxylic acids is 1. The van der Waals surface area contributed by atoms with E-state index in [-0.39, 0.29) is 11.7 Å². The molecule has 5 nitrogen and oxygen atoms in total. The highest BCUT2D eigenvalue weighted by Crippen LogP contribution is 2.23. The quantitative estimate of drug-likeness (QED) is 0.335. The molecule has 1 amide bonds. The molecule has 0 aliphatic rings. The lowest BCUT2D eigenvalue weighted by Gasteiger charge is -2.11. The van der Waals surface area contributed by atoms with E-state index in [1.165, 1.54) is 0 Å². The Balaban J connectivity index is 2.36. The smallest absolute Gasteiger partial charge is 0.257 e. The van der Waals surface area contributed by atoms with Crippen molar-refractivity contribution in [3.63, 3.8) is 0 Å². The first-order valence-electron chi connectivity index (χ1n) is 5.86. The Morgan fingerprint density at radius 3 is 2.62 bits per heavy atom. The van der Waals surface area contributed by atoms with E-state index in [0.717, 1.165) is 4.47 Å². The monoisotopic (exact) mass is 367 g/mol. The van der Waals surface area contributed by atoms with Gasteiger partial charge in [0, 0.05) is 10.0 Å². The average Bonchev–Trinajstić information content (AvgIpc) is 2.48. The molecule has 7 heteroatoms. The van der Waals surface area contributed by atoms with Gasteiger partial charge in [-0.2, -0.15) is 0 Å². The lowest BCUT2D eigenvalue weighted by atomic mass is 10.1. The van der Waals surface area contributed by atoms with Gasteiger partial charge in [-0.05, 0) is 30.3 Å². The van der Waals surface area contributed by atoms with Gasteiger partial charge in [0.15, 0.2) is 5.84 Å². The Hall–Kier alpha value is -2.05. The zero-order valence-electron chi connectivity index (χ0n) is 10.7. The molecule has 0 aliphatic heterocycles. The minimum Gasteiger partial charge on any atom is -0.409 e. The molecule has 0 fully saturated rings. The number of hydrogen-bond donors (Lipinski definition) is 3. The number of rotatable bonds is 3. The van der Waals surface area contributed by atoms with Gasteiger partial charge >= 0.3 is 0 Å². The standard InChI is InChI=1S/C14H11BrClN3O2/c15-8-5-6-12(10(7-8)13(17)19-21)18-14(20)9-3-1-2-4-11(9)16/h1-7,21H,(H2,17,19)(H,18,20). The number of nitrogens with one attached hydrogen (secondary N) is 1. The van der Waals surface area contributed by atoms with Crippen LogP contribution in [0.4, 0.5) is 5.69 Å². The fourth-order valence-electron chi connectivity index (χ4n) is 1.73. The first-order valence-corrected chi connectivity index (χ1v) is 7.03. The zero-order valence-corrected chi connectivity index (χ0v) is 13.0. The van der Waals surface area contributed by atoms with Crippen LogP contribution in [0.5, 0.6) is 0 Å². The van der Waals surface area contributed by atoms with Gasteiger partial charge in [0.1, 0.15) is 0 Å². The van der Waals surface area contributed by atoms with Crippen LogP contribution in [0.25, 0.3) is 0 Å². The number of anilines is 1. The van der Waals surface area contributed by atoms with Gasteiger partial charge in [0.05, 0.1) is 16.3 Å². The zero-order chi connectivity index (χ0) is 15.4. The predicted octanol–water partition coefficient (Wildman–Crippen LogP) is 3.45. The van der Waals surface area contributed by atoms with E-state index < -0.39 is 0 Å². The van der Waals surface area contributed by atoms with Crippen LogP contribution in [0.3, 0.4) is 0 Å². The number of halogens is 2. The Bertz CT molecular complexity index is 719. The number of oxime groups is 1. The molecule has 0 unspecified atom stereocenters. The average molecular weight is 369 g/mol. The van der Waals surface area contributed by atoms with E-state index in [2.05, 4.69) is 26.4 Å². The molecule has 0 bridgehead atoms. The van der Waals surface area contributed by atoms with Crippen molar-refractivity contribution in [1.82, 2.24) is 0 Å². The summed E-state index contributed by atoms with van der Waals surface area (Å²) < 4.78 is 0.736. The number of nitrogens with zero attached hydrogens (tertiary/aromatic N) is 1. The van der Waals surface area contributed by atoms with Crippen LogP contribution in [0, 0.1) is 0 Å². The molecule has 0 spiro atoms. The highest BCUT2D eigenvalue weighted by molar-refractivity contribution is 9.10. The van der Waals surface area contributed by atoms with Crippen LogP contribution in [0.15, 0.2) is 52.1 Å². The van der Waals surface area contributed by atoms with Crippen molar-refractivity contribution in [2.24, 2.45) is 10.9 Å². The summed E-state index contributed by atoms with van der Waals surface area (Å²) in [5, 5.41) is 14.8. The Labute approximate surface area is 134 Å². The van der Waals surface area contributed by atoms with Crippen LogP contribution in [-0.4, -0.2) is 17.0 Å². The van der Waals surface area contributed by atoms with Gasteiger partial charge < -0.3 is 16.3 Å². The maximum atomic E-state index is 12.2. The normalized spacial score (nSPS) is 11.2. The summed E-state index contributed by atoms with van der Waals surface area (Å²) in [6.07, 6.45) is 0. The van der Waals surface area contributed by atoms with Crippen molar-refractivity contribution < 1.29 is 10.0 Å². The third kappa shape index (κ3) is 3.53. The molecule has 0 saturated carbocycles. The van der Waals surface area contributed by atoms with Gasteiger partial charge in [-0.3, -0.25) is 4.79 Å². The van der Waals surface area contributed by atoms with Crippen molar-refractivity contribution in [3.8, 4) is 0 Å². The minimum absolute atomic E-state index is 0.106. The van der Waals surface area contributed by atoms with Crippen LogP contribution >= 0.6 is 27.5 Å². The summed E-state index contributed by atoms with van der Waals surface area (Å²) >= 11 is 9.27. The summed E-state index contributed by atoms with van der Waals surface area (Å²) in [7, 11) is 0. The van der Waals surface area contributed by atoms with E-state index in [9.17, 15) is 4.79 Å². The molecular weight excluding hydrogens is 358 g/mol. The number of nitrogens with two attached hydrogens (primary N) is 1. The molecule has 4 N–H and O–H groups in total. The second kappa shape index (κ2) is 6.60. The molecule has 0 atom stereocenters. The predicted molar refractivity (Wildman–Crippen MR) is 86.1 cm³/mol. The van der Waals surface area contributed by atoms with Gasteiger partial charge in [0.2, 0.25) is 0 Å². The summed E-state index contributed by atoms with van der Waals surface area (Å²) in [6.45, 7) is 0. The molecule has 0 heterocycles. The Morgan fingerprint density at radius 2 is 1.95 bits per heavy atom. The summed E-state index contributed by atoms with van der Waals surface area (Å²) in [5.74, 6) is -0.485. The maximum Gasteiger partial charge on any atom is 0.257 e. The van der Waals surface area contributed by atoms with Gasteiger partial charge in [-0.25, -0.2) is 0 Å². The SMILES string of the molecule is N/C(=N/O)c1cc(Br)ccc1NC(=O)c1ccccc1Cl. The molecular formula is C14H11BrClN3O2. The highest BCUT2D eigenvalue weighted by atomic mass is 79.9. The molecule has 2 aromatic carbocycles. The summed E-state index contributed by atoms with van der Waals surface area (Å²) in [6, 6.07) is 11.7.